The average Bonchev–Trinajstić information content (AvgIpc) is 2.72. The lowest BCUT2D eigenvalue weighted by atomic mass is 10.2. The van der Waals surface area contributed by atoms with Crippen molar-refractivity contribution in [3.63, 3.8) is 0 Å². The second-order valence-electron chi connectivity index (χ2n) is 3.94. The highest BCUT2D eigenvalue weighted by molar-refractivity contribution is 5.39. The number of nitrogens with zero attached hydrogens (tertiary/aromatic N) is 2. The Morgan fingerprint density at radius 1 is 1.29 bits per heavy atom. The van der Waals surface area contributed by atoms with Crippen molar-refractivity contribution in [2.75, 3.05) is 5.32 Å². The molecule has 0 aromatic carbocycles. The van der Waals surface area contributed by atoms with Gasteiger partial charge in [0.15, 0.2) is 11.6 Å². The van der Waals surface area contributed by atoms with Gasteiger partial charge in [0, 0.05) is 0 Å². The Morgan fingerprint density at radius 2 is 2.06 bits per heavy atom. The van der Waals surface area contributed by atoms with Crippen molar-refractivity contribution in [3.05, 3.63) is 41.5 Å². The van der Waals surface area contributed by atoms with E-state index in [9.17, 15) is 4.39 Å². The second-order valence-corrected chi connectivity index (χ2v) is 3.94. The van der Waals surface area contributed by atoms with Crippen molar-refractivity contribution in [2.45, 2.75) is 26.8 Å². The van der Waals surface area contributed by atoms with E-state index in [1.165, 1.54) is 6.33 Å². The van der Waals surface area contributed by atoms with Gasteiger partial charge in [-0.3, -0.25) is 0 Å². The first-order chi connectivity index (χ1) is 8.08. The van der Waals surface area contributed by atoms with Crippen LogP contribution in [0, 0.1) is 19.7 Å². The molecule has 2 heterocycles. The summed E-state index contributed by atoms with van der Waals surface area (Å²) in [5, 5.41) is 2.96. The van der Waals surface area contributed by atoms with Crippen LogP contribution >= 0.6 is 0 Å². The van der Waals surface area contributed by atoms with Gasteiger partial charge in [-0.2, -0.15) is 0 Å². The minimum absolute atomic E-state index is 0.146. The van der Waals surface area contributed by atoms with E-state index in [0.29, 0.717) is 5.69 Å². The minimum atomic E-state index is -0.428. The van der Waals surface area contributed by atoms with Gasteiger partial charge in [0.2, 0.25) is 0 Å². The summed E-state index contributed by atoms with van der Waals surface area (Å²) in [7, 11) is 0. The van der Waals surface area contributed by atoms with E-state index in [1.54, 1.807) is 6.92 Å². The third-order valence-corrected chi connectivity index (χ3v) is 2.50. The predicted molar refractivity (Wildman–Crippen MR) is 62.2 cm³/mol. The van der Waals surface area contributed by atoms with Gasteiger partial charge in [-0.05, 0) is 32.9 Å². The Kier molecular flexibility index (Phi) is 3.08. The summed E-state index contributed by atoms with van der Waals surface area (Å²) < 4.78 is 19.1. The van der Waals surface area contributed by atoms with Crippen molar-refractivity contribution < 1.29 is 8.81 Å². The summed E-state index contributed by atoms with van der Waals surface area (Å²) in [6, 6.07) is 3.58. The maximum Gasteiger partial charge on any atom is 0.186 e. The van der Waals surface area contributed by atoms with Crippen molar-refractivity contribution in [1.29, 1.82) is 0 Å². The fourth-order valence-electron chi connectivity index (χ4n) is 1.52. The van der Waals surface area contributed by atoms with Crippen molar-refractivity contribution in [1.82, 2.24) is 9.97 Å². The lowest BCUT2D eigenvalue weighted by Gasteiger charge is -2.12. The van der Waals surface area contributed by atoms with Crippen LogP contribution in [0.25, 0.3) is 0 Å². The predicted octanol–water partition coefficient (Wildman–Crippen LogP) is 3.00. The highest BCUT2D eigenvalue weighted by Crippen LogP contribution is 2.21. The van der Waals surface area contributed by atoms with Crippen LogP contribution in [-0.2, 0) is 0 Å². The largest absolute Gasteiger partial charge is 0.464 e. The van der Waals surface area contributed by atoms with Crippen LogP contribution in [0.5, 0.6) is 0 Å². The monoisotopic (exact) mass is 235 g/mol. The van der Waals surface area contributed by atoms with Gasteiger partial charge in [-0.25, -0.2) is 14.4 Å². The first kappa shape index (κ1) is 11.6. The Bertz CT molecular complexity index is 524. The molecule has 5 heteroatoms. The summed E-state index contributed by atoms with van der Waals surface area (Å²) >= 11 is 0. The zero-order valence-corrected chi connectivity index (χ0v) is 9.99. The Morgan fingerprint density at radius 3 is 2.71 bits per heavy atom. The fourth-order valence-corrected chi connectivity index (χ4v) is 1.52. The molecule has 90 valence electrons. The fraction of sp³-hybridized carbons (Fsp3) is 0.333. The molecule has 17 heavy (non-hydrogen) atoms. The highest BCUT2D eigenvalue weighted by Gasteiger charge is 2.14. The number of halogens is 1. The zero-order valence-electron chi connectivity index (χ0n) is 9.99. The number of hydrogen-bond donors (Lipinski definition) is 1. The van der Waals surface area contributed by atoms with Gasteiger partial charge >= 0.3 is 0 Å². The summed E-state index contributed by atoms with van der Waals surface area (Å²) in [4.78, 5) is 7.65. The molecule has 2 rings (SSSR count). The number of hydrogen-bond acceptors (Lipinski definition) is 4. The quantitative estimate of drug-likeness (QED) is 0.888. The molecular weight excluding hydrogens is 221 g/mol. The molecule has 0 spiro atoms. The molecule has 0 amide bonds. The van der Waals surface area contributed by atoms with Gasteiger partial charge in [0.1, 0.15) is 17.8 Å². The van der Waals surface area contributed by atoms with E-state index in [1.807, 2.05) is 26.0 Å². The van der Waals surface area contributed by atoms with Gasteiger partial charge in [0.05, 0.1) is 11.7 Å². The molecule has 0 saturated heterocycles. The summed E-state index contributed by atoms with van der Waals surface area (Å²) in [6.45, 7) is 5.35. The maximum absolute atomic E-state index is 13.7. The Labute approximate surface area is 98.9 Å². The number of furan rings is 1. The van der Waals surface area contributed by atoms with Crippen LogP contribution < -0.4 is 5.32 Å². The number of anilines is 1. The van der Waals surface area contributed by atoms with Crippen molar-refractivity contribution in [2.24, 2.45) is 0 Å². The molecular formula is C12H14FN3O. The lowest BCUT2D eigenvalue weighted by molar-refractivity contribution is 0.465. The van der Waals surface area contributed by atoms with E-state index in [0.717, 1.165) is 11.5 Å². The third-order valence-electron chi connectivity index (χ3n) is 2.50. The van der Waals surface area contributed by atoms with Crippen LogP contribution in [-0.4, -0.2) is 9.97 Å². The molecule has 0 aliphatic heterocycles. The standard InChI is InChI=1S/C12H14FN3O/c1-7-4-5-10(17-7)8(2)16-12-11(13)9(3)14-6-15-12/h4-6,8H,1-3H3,(H,14,15,16). The molecule has 0 bridgehead atoms. The Balaban J connectivity index is 2.18. The summed E-state index contributed by atoms with van der Waals surface area (Å²) in [6.07, 6.45) is 1.33. The van der Waals surface area contributed by atoms with Crippen LogP contribution in [0.3, 0.4) is 0 Å². The number of aryl methyl sites for hydroxylation is 2. The van der Waals surface area contributed by atoms with Gasteiger partial charge < -0.3 is 9.73 Å². The van der Waals surface area contributed by atoms with E-state index in [2.05, 4.69) is 15.3 Å². The third kappa shape index (κ3) is 2.43. The molecule has 0 fully saturated rings. The molecule has 0 aliphatic carbocycles. The Hall–Kier alpha value is -1.91. The molecule has 1 atom stereocenters. The van der Waals surface area contributed by atoms with E-state index >= 15 is 0 Å². The molecule has 0 saturated carbocycles. The van der Waals surface area contributed by atoms with Gasteiger partial charge in [-0.15, -0.1) is 0 Å². The molecule has 1 N–H and O–H groups in total. The first-order valence-corrected chi connectivity index (χ1v) is 5.38. The van der Waals surface area contributed by atoms with Gasteiger partial charge in [-0.1, -0.05) is 0 Å². The zero-order chi connectivity index (χ0) is 12.4. The maximum atomic E-state index is 13.7. The van der Waals surface area contributed by atoms with Crippen molar-refractivity contribution in [3.8, 4) is 0 Å². The SMILES string of the molecule is Cc1ccc(C(C)Nc2ncnc(C)c2F)o1. The molecule has 0 aliphatic rings. The molecule has 0 radical (unpaired) electrons. The average molecular weight is 235 g/mol. The molecule has 1 unspecified atom stereocenters. The van der Waals surface area contributed by atoms with Crippen LogP contribution in [0.15, 0.2) is 22.9 Å². The molecule has 2 aromatic rings. The number of nitrogens with one attached hydrogen (secondary N) is 1. The molecule has 4 nitrogen and oxygen atoms in total. The number of aromatic nitrogens is 2. The topological polar surface area (TPSA) is 51.0 Å². The molecule has 2 aromatic heterocycles. The van der Waals surface area contributed by atoms with E-state index in [-0.39, 0.29) is 11.9 Å². The number of rotatable bonds is 3. The second kappa shape index (κ2) is 4.53. The van der Waals surface area contributed by atoms with Crippen molar-refractivity contribution >= 4 is 5.82 Å². The smallest absolute Gasteiger partial charge is 0.186 e. The normalized spacial score (nSPS) is 12.5. The summed E-state index contributed by atoms with van der Waals surface area (Å²) in [5.41, 5.74) is 0.324. The van der Waals surface area contributed by atoms with Crippen LogP contribution in [0.2, 0.25) is 0 Å². The first-order valence-electron chi connectivity index (χ1n) is 5.38. The van der Waals surface area contributed by atoms with Gasteiger partial charge in [0.25, 0.3) is 0 Å². The summed E-state index contributed by atoms with van der Waals surface area (Å²) in [5.74, 6) is 1.34. The van der Waals surface area contributed by atoms with Crippen LogP contribution in [0.1, 0.15) is 30.2 Å². The van der Waals surface area contributed by atoms with E-state index in [4.69, 9.17) is 4.42 Å². The highest BCUT2D eigenvalue weighted by atomic mass is 19.1. The van der Waals surface area contributed by atoms with Crippen LogP contribution in [0.4, 0.5) is 10.2 Å². The minimum Gasteiger partial charge on any atom is -0.464 e. The van der Waals surface area contributed by atoms with E-state index < -0.39 is 5.82 Å². The lowest BCUT2D eigenvalue weighted by Crippen LogP contribution is -2.10.